The molecule has 1 aromatic heterocycles. The molecule has 126 valence electrons. The highest BCUT2D eigenvalue weighted by atomic mass is 32.2. The van der Waals surface area contributed by atoms with Crippen LogP contribution in [0.3, 0.4) is 0 Å². The molecule has 1 unspecified atom stereocenters. The zero-order valence-electron chi connectivity index (χ0n) is 13.9. The zero-order valence-corrected chi connectivity index (χ0v) is 14.8. The number of pyridine rings is 1. The average Bonchev–Trinajstić information content (AvgIpc) is 2.65. The Balaban J connectivity index is 1.44. The number of fused-ring (bicyclic) bond motifs is 1. The summed E-state index contributed by atoms with van der Waals surface area (Å²) in [6, 6.07) is 14.3. The van der Waals surface area contributed by atoms with Crippen LogP contribution in [0.2, 0.25) is 0 Å². The summed E-state index contributed by atoms with van der Waals surface area (Å²) in [5.74, 6) is 0.939. The first-order valence-corrected chi connectivity index (χ1v) is 9.35. The van der Waals surface area contributed by atoms with E-state index in [1.807, 2.05) is 25.1 Å². The van der Waals surface area contributed by atoms with Gasteiger partial charge >= 0.3 is 0 Å². The third-order valence-corrected chi connectivity index (χ3v) is 5.32. The largest absolute Gasteiger partial charge is 0.354 e. The van der Waals surface area contributed by atoms with E-state index in [0.29, 0.717) is 6.54 Å². The third-order valence-electron chi connectivity index (χ3n) is 4.38. The molecule has 0 saturated heterocycles. The molecule has 0 fully saturated rings. The van der Waals surface area contributed by atoms with Crippen molar-refractivity contribution in [1.29, 1.82) is 0 Å². The van der Waals surface area contributed by atoms with Crippen LogP contribution in [0.15, 0.2) is 53.7 Å². The fourth-order valence-electron chi connectivity index (χ4n) is 2.92. The standard InChI is InChI=1S/C19H23N3OS/c1-15(22-12-9-16-6-2-3-7-17(16)14-22)19(23)21-11-13-24-18-8-4-5-10-20-18/h2-8,10,15H,9,11-14H2,1H3,(H,21,23). The molecule has 1 amide bonds. The molecule has 1 atom stereocenters. The first-order valence-electron chi connectivity index (χ1n) is 8.36. The summed E-state index contributed by atoms with van der Waals surface area (Å²) in [6.45, 7) is 4.45. The van der Waals surface area contributed by atoms with E-state index in [-0.39, 0.29) is 11.9 Å². The van der Waals surface area contributed by atoms with Gasteiger partial charge in [-0.3, -0.25) is 9.69 Å². The average molecular weight is 341 g/mol. The summed E-state index contributed by atoms with van der Waals surface area (Å²) in [7, 11) is 0. The molecule has 3 rings (SSSR count). The predicted molar refractivity (Wildman–Crippen MR) is 98.0 cm³/mol. The van der Waals surface area contributed by atoms with E-state index >= 15 is 0 Å². The molecule has 0 radical (unpaired) electrons. The Morgan fingerprint density at radius 2 is 2.04 bits per heavy atom. The summed E-state index contributed by atoms with van der Waals surface area (Å²) < 4.78 is 0. The molecule has 0 saturated carbocycles. The minimum atomic E-state index is -0.0989. The molecule has 1 aromatic carbocycles. The van der Waals surface area contributed by atoms with Crippen LogP contribution >= 0.6 is 11.8 Å². The quantitative estimate of drug-likeness (QED) is 0.648. The third kappa shape index (κ3) is 4.36. The van der Waals surface area contributed by atoms with Crippen molar-refractivity contribution in [2.45, 2.75) is 31.0 Å². The number of hydrogen-bond donors (Lipinski definition) is 1. The van der Waals surface area contributed by atoms with Crippen molar-refractivity contribution in [3.8, 4) is 0 Å². The van der Waals surface area contributed by atoms with E-state index in [0.717, 1.165) is 30.3 Å². The van der Waals surface area contributed by atoms with Crippen LogP contribution in [0.4, 0.5) is 0 Å². The lowest BCUT2D eigenvalue weighted by Crippen LogP contribution is -2.47. The lowest BCUT2D eigenvalue weighted by Gasteiger charge is -2.32. The first kappa shape index (κ1) is 17.0. The molecule has 1 N–H and O–H groups in total. The van der Waals surface area contributed by atoms with Gasteiger partial charge in [0.25, 0.3) is 0 Å². The monoisotopic (exact) mass is 341 g/mol. The van der Waals surface area contributed by atoms with Crippen molar-refractivity contribution in [2.75, 3.05) is 18.8 Å². The summed E-state index contributed by atoms with van der Waals surface area (Å²) in [4.78, 5) is 18.9. The maximum absolute atomic E-state index is 12.4. The first-order chi connectivity index (χ1) is 11.7. The summed E-state index contributed by atoms with van der Waals surface area (Å²) >= 11 is 1.66. The number of rotatable bonds is 6. The molecule has 1 aliphatic heterocycles. The van der Waals surface area contributed by atoms with Crippen LogP contribution in [0.25, 0.3) is 0 Å². The van der Waals surface area contributed by atoms with Gasteiger partial charge in [-0.15, -0.1) is 11.8 Å². The fraction of sp³-hybridized carbons (Fsp3) is 0.368. The van der Waals surface area contributed by atoms with Crippen molar-refractivity contribution in [1.82, 2.24) is 15.2 Å². The number of carbonyl (C=O) groups excluding carboxylic acids is 1. The number of hydrogen-bond acceptors (Lipinski definition) is 4. The highest BCUT2D eigenvalue weighted by Crippen LogP contribution is 2.20. The number of benzene rings is 1. The van der Waals surface area contributed by atoms with Gasteiger partial charge in [-0.05, 0) is 36.6 Å². The minimum absolute atomic E-state index is 0.0989. The second kappa shape index (κ2) is 8.31. The number of amides is 1. The lowest BCUT2D eigenvalue weighted by atomic mass is 9.99. The molecule has 1 aliphatic rings. The predicted octanol–water partition coefficient (Wildman–Crippen LogP) is 2.74. The van der Waals surface area contributed by atoms with Crippen molar-refractivity contribution in [3.63, 3.8) is 0 Å². The summed E-state index contributed by atoms with van der Waals surface area (Å²) in [5, 5.41) is 4.04. The molecule has 5 heteroatoms. The number of nitrogens with one attached hydrogen (secondary N) is 1. The molecule has 2 aromatic rings. The van der Waals surface area contributed by atoms with Gasteiger partial charge in [-0.1, -0.05) is 30.3 Å². The normalized spacial score (nSPS) is 15.5. The smallest absolute Gasteiger partial charge is 0.237 e. The van der Waals surface area contributed by atoms with Crippen LogP contribution in [-0.2, 0) is 17.8 Å². The Morgan fingerprint density at radius 1 is 1.25 bits per heavy atom. The molecule has 2 heterocycles. The SMILES string of the molecule is CC(C(=O)NCCSc1ccccn1)N1CCc2ccccc2C1. The second-order valence-corrected chi connectivity index (χ2v) is 7.09. The van der Waals surface area contributed by atoms with Crippen LogP contribution in [0, 0.1) is 0 Å². The van der Waals surface area contributed by atoms with Gasteiger partial charge in [0.1, 0.15) is 0 Å². The van der Waals surface area contributed by atoms with E-state index in [1.54, 1.807) is 18.0 Å². The van der Waals surface area contributed by atoms with Crippen molar-refractivity contribution >= 4 is 17.7 Å². The Kier molecular flexibility index (Phi) is 5.88. The zero-order chi connectivity index (χ0) is 16.8. The van der Waals surface area contributed by atoms with Gasteiger partial charge in [0.05, 0.1) is 11.1 Å². The number of thioether (sulfide) groups is 1. The van der Waals surface area contributed by atoms with E-state index in [4.69, 9.17) is 0 Å². The Morgan fingerprint density at radius 3 is 2.83 bits per heavy atom. The minimum Gasteiger partial charge on any atom is -0.354 e. The van der Waals surface area contributed by atoms with Gasteiger partial charge in [0, 0.05) is 31.6 Å². The van der Waals surface area contributed by atoms with Crippen molar-refractivity contribution < 1.29 is 4.79 Å². The molecular formula is C19H23N3OS. The summed E-state index contributed by atoms with van der Waals surface area (Å²) in [5.41, 5.74) is 2.75. The van der Waals surface area contributed by atoms with Crippen molar-refractivity contribution in [2.24, 2.45) is 0 Å². The van der Waals surface area contributed by atoms with Gasteiger partial charge in [-0.2, -0.15) is 0 Å². The molecule has 0 bridgehead atoms. The van der Waals surface area contributed by atoms with E-state index in [9.17, 15) is 4.79 Å². The van der Waals surface area contributed by atoms with E-state index < -0.39 is 0 Å². The molecule has 4 nitrogen and oxygen atoms in total. The summed E-state index contributed by atoms with van der Waals surface area (Å²) in [6.07, 6.45) is 2.81. The molecule has 0 spiro atoms. The van der Waals surface area contributed by atoms with Crippen LogP contribution in [0.1, 0.15) is 18.1 Å². The van der Waals surface area contributed by atoms with Crippen LogP contribution < -0.4 is 5.32 Å². The fourth-order valence-corrected chi connectivity index (χ4v) is 3.65. The van der Waals surface area contributed by atoms with Gasteiger partial charge < -0.3 is 5.32 Å². The maximum atomic E-state index is 12.4. The number of carbonyl (C=O) groups is 1. The van der Waals surface area contributed by atoms with E-state index in [2.05, 4.69) is 39.5 Å². The maximum Gasteiger partial charge on any atom is 0.237 e. The van der Waals surface area contributed by atoms with Gasteiger partial charge in [-0.25, -0.2) is 4.98 Å². The lowest BCUT2D eigenvalue weighted by molar-refractivity contribution is -0.126. The van der Waals surface area contributed by atoms with Crippen LogP contribution in [0.5, 0.6) is 0 Å². The molecular weight excluding hydrogens is 318 g/mol. The topological polar surface area (TPSA) is 45.2 Å². The van der Waals surface area contributed by atoms with Gasteiger partial charge in [0.15, 0.2) is 0 Å². The van der Waals surface area contributed by atoms with Crippen LogP contribution in [-0.4, -0.2) is 40.7 Å². The van der Waals surface area contributed by atoms with Crippen molar-refractivity contribution in [3.05, 3.63) is 59.8 Å². The van der Waals surface area contributed by atoms with E-state index in [1.165, 1.54) is 11.1 Å². The number of aromatic nitrogens is 1. The Hall–Kier alpha value is -1.85. The Bertz CT molecular complexity index is 677. The second-order valence-electron chi connectivity index (χ2n) is 5.97. The molecule has 0 aliphatic carbocycles. The molecule has 24 heavy (non-hydrogen) atoms. The Labute approximate surface area is 147 Å². The van der Waals surface area contributed by atoms with Gasteiger partial charge in [0.2, 0.25) is 5.91 Å². The highest BCUT2D eigenvalue weighted by molar-refractivity contribution is 7.99. The number of nitrogens with zero attached hydrogens (tertiary/aromatic N) is 2. The highest BCUT2D eigenvalue weighted by Gasteiger charge is 2.24.